The number of hydrogen-bond acceptors (Lipinski definition) is 4. The van der Waals surface area contributed by atoms with E-state index < -0.39 is 5.82 Å². The Labute approximate surface area is 177 Å². The molecule has 0 saturated carbocycles. The topological polar surface area (TPSA) is 66.4 Å². The SMILES string of the molecule is COc1ccc(CN=C(NCC(=O)N(C)C)N(C)CCOc2ccccc2F)cc1. The minimum Gasteiger partial charge on any atom is -0.497 e. The van der Waals surface area contributed by atoms with E-state index in [1.54, 1.807) is 39.4 Å². The van der Waals surface area contributed by atoms with Crippen molar-refractivity contribution in [2.24, 2.45) is 4.99 Å². The molecule has 0 spiro atoms. The number of likely N-dealkylation sites (N-methyl/N-ethyl adjacent to an activating group) is 2. The van der Waals surface area contributed by atoms with Crippen LogP contribution in [-0.2, 0) is 11.3 Å². The van der Waals surface area contributed by atoms with E-state index in [0.29, 0.717) is 19.0 Å². The van der Waals surface area contributed by atoms with Gasteiger partial charge >= 0.3 is 0 Å². The standard InChI is InChI=1S/C22H29FN4O3/c1-26(2)21(28)16-25-22(24-15-17-9-11-18(29-4)12-10-17)27(3)13-14-30-20-8-6-5-7-19(20)23/h5-12H,13-16H2,1-4H3,(H,24,25). The van der Waals surface area contributed by atoms with Gasteiger partial charge in [0.05, 0.1) is 26.7 Å². The Morgan fingerprint density at radius 1 is 1.10 bits per heavy atom. The lowest BCUT2D eigenvalue weighted by Gasteiger charge is -2.23. The van der Waals surface area contributed by atoms with Crippen LogP contribution in [0.3, 0.4) is 0 Å². The van der Waals surface area contributed by atoms with E-state index in [2.05, 4.69) is 10.3 Å². The molecule has 0 atom stereocenters. The van der Waals surface area contributed by atoms with E-state index in [1.807, 2.05) is 36.2 Å². The number of methoxy groups -OCH3 is 1. The normalized spacial score (nSPS) is 11.0. The van der Waals surface area contributed by atoms with Crippen LogP contribution < -0.4 is 14.8 Å². The second kappa shape index (κ2) is 11.6. The fraction of sp³-hybridized carbons (Fsp3) is 0.364. The smallest absolute Gasteiger partial charge is 0.241 e. The number of nitrogens with zero attached hydrogens (tertiary/aromatic N) is 3. The number of halogens is 1. The van der Waals surface area contributed by atoms with Crippen molar-refractivity contribution >= 4 is 11.9 Å². The van der Waals surface area contributed by atoms with Gasteiger partial charge in [0.25, 0.3) is 0 Å². The summed E-state index contributed by atoms with van der Waals surface area (Å²) in [5.74, 6) is 1.07. The molecule has 0 aliphatic heterocycles. The van der Waals surface area contributed by atoms with Crippen molar-refractivity contribution in [3.8, 4) is 11.5 Å². The molecule has 0 radical (unpaired) electrons. The molecule has 0 aromatic heterocycles. The van der Waals surface area contributed by atoms with Crippen molar-refractivity contribution in [3.63, 3.8) is 0 Å². The molecule has 0 aliphatic carbocycles. The van der Waals surface area contributed by atoms with Crippen LogP contribution in [0.2, 0.25) is 0 Å². The predicted octanol–water partition coefficient (Wildman–Crippen LogP) is 2.38. The van der Waals surface area contributed by atoms with Crippen LogP contribution in [-0.4, -0.2) is 69.6 Å². The molecule has 0 bridgehead atoms. The molecule has 8 heteroatoms. The highest BCUT2D eigenvalue weighted by Gasteiger charge is 2.11. The lowest BCUT2D eigenvalue weighted by molar-refractivity contribution is -0.127. The largest absolute Gasteiger partial charge is 0.497 e. The quantitative estimate of drug-likeness (QED) is 0.502. The van der Waals surface area contributed by atoms with Crippen molar-refractivity contribution < 1.29 is 18.7 Å². The van der Waals surface area contributed by atoms with Crippen molar-refractivity contribution in [2.75, 3.05) is 47.9 Å². The van der Waals surface area contributed by atoms with Crippen molar-refractivity contribution in [2.45, 2.75) is 6.54 Å². The average Bonchev–Trinajstić information content (AvgIpc) is 2.75. The number of para-hydroxylation sites is 1. The van der Waals surface area contributed by atoms with E-state index >= 15 is 0 Å². The van der Waals surface area contributed by atoms with Gasteiger partial charge in [0, 0.05) is 21.1 Å². The zero-order valence-electron chi connectivity index (χ0n) is 17.9. The first kappa shape index (κ1) is 23.0. The second-order valence-electron chi connectivity index (χ2n) is 6.83. The maximum Gasteiger partial charge on any atom is 0.241 e. The van der Waals surface area contributed by atoms with Gasteiger partial charge < -0.3 is 24.6 Å². The fourth-order valence-corrected chi connectivity index (χ4v) is 2.48. The third-order valence-electron chi connectivity index (χ3n) is 4.35. The number of guanidine groups is 1. The summed E-state index contributed by atoms with van der Waals surface area (Å²) in [5, 5.41) is 3.08. The Bertz CT molecular complexity index is 841. The van der Waals surface area contributed by atoms with Gasteiger partial charge in [-0.3, -0.25) is 4.79 Å². The highest BCUT2D eigenvalue weighted by molar-refractivity contribution is 5.86. The van der Waals surface area contributed by atoms with Crippen LogP contribution >= 0.6 is 0 Å². The van der Waals surface area contributed by atoms with E-state index in [4.69, 9.17) is 9.47 Å². The molecule has 0 saturated heterocycles. The first-order chi connectivity index (χ1) is 14.4. The maximum absolute atomic E-state index is 13.7. The van der Waals surface area contributed by atoms with Gasteiger partial charge in [-0.25, -0.2) is 9.38 Å². The van der Waals surface area contributed by atoms with E-state index in [9.17, 15) is 9.18 Å². The van der Waals surface area contributed by atoms with Gasteiger partial charge in [-0.2, -0.15) is 0 Å². The monoisotopic (exact) mass is 416 g/mol. The van der Waals surface area contributed by atoms with E-state index in [-0.39, 0.29) is 24.8 Å². The fourth-order valence-electron chi connectivity index (χ4n) is 2.48. The number of nitrogens with one attached hydrogen (secondary N) is 1. The highest BCUT2D eigenvalue weighted by Crippen LogP contribution is 2.15. The molecular formula is C22H29FN4O3. The molecule has 7 nitrogen and oxygen atoms in total. The van der Waals surface area contributed by atoms with Gasteiger partial charge in [0.2, 0.25) is 5.91 Å². The Balaban J connectivity index is 2.00. The zero-order chi connectivity index (χ0) is 21.9. The summed E-state index contributed by atoms with van der Waals surface area (Å²) >= 11 is 0. The summed E-state index contributed by atoms with van der Waals surface area (Å²) in [5.41, 5.74) is 1.00. The van der Waals surface area contributed by atoms with Gasteiger partial charge in [-0.1, -0.05) is 24.3 Å². The van der Waals surface area contributed by atoms with Gasteiger partial charge in [-0.15, -0.1) is 0 Å². The molecule has 1 N–H and O–H groups in total. The molecule has 0 aliphatic rings. The van der Waals surface area contributed by atoms with Crippen LogP contribution in [0.25, 0.3) is 0 Å². The maximum atomic E-state index is 13.7. The molecule has 0 heterocycles. The summed E-state index contributed by atoms with van der Waals surface area (Å²) in [6.07, 6.45) is 0. The van der Waals surface area contributed by atoms with Crippen molar-refractivity contribution in [1.82, 2.24) is 15.1 Å². The summed E-state index contributed by atoms with van der Waals surface area (Å²) in [6.45, 7) is 1.27. The van der Waals surface area contributed by atoms with Gasteiger partial charge in [-0.05, 0) is 29.8 Å². The Kier molecular flexibility index (Phi) is 8.93. The first-order valence-electron chi connectivity index (χ1n) is 9.60. The molecule has 0 fully saturated rings. The number of amides is 1. The highest BCUT2D eigenvalue weighted by atomic mass is 19.1. The number of carbonyl (C=O) groups excluding carboxylic acids is 1. The number of carbonyl (C=O) groups is 1. The predicted molar refractivity (Wildman–Crippen MR) is 115 cm³/mol. The van der Waals surface area contributed by atoms with Crippen molar-refractivity contribution in [3.05, 3.63) is 59.9 Å². The minimum atomic E-state index is -0.400. The summed E-state index contributed by atoms with van der Waals surface area (Å²) in [4.78, 5) is 19.9. The zero-order valence-corrected chi connectivity index (χ0v) is 17.9. The third-order valence-corrected chi connectivity index (χ3v) is 4.35. The van der Waals surface area contributed by atoms with Crippen LogP contribution in [0.1, 0.15) is 5.56 Å². The number of ether oxygens (including phenoxy) is 2. The van der Waals surface area contributed by atoms with E-state index in [0.717, 1.165) is 11.3 Å². The Morgan fingerprint density at radius 3 is 2.43 bits per heavy atom. The summed E-state index contributed by atoms with van der Waals surface area (Å²) in [6, 6.07) is 13.9. The second-order valence-corrected chi connectivity index (χ2v) is 6.83. The van der Waals surface area contributed by atoms with Crippen LogP contribution in [0.15, 0.2) is 53.5 Å². The third kappa shape index (κ3) is 7.27. The molecule has 2 rings (SSSR count). The molecular weight excluding hydrogens is 387 g/mol. The van der Waals surface area contributed by atoms with Crippen molar-refractivity contribution in [1.29, 1.82) is 0 Å². The molecule has 1 amide bonds. The van der Waals surface area contributed by atoms with Gasteiger partial charge in [0.1, 0.15) is 12.4 Å². The lowest BCUT2D eigenvalue weighted by atomic mass is 10.2. The average molecular weight is 416 g/mol. The molecule has 2 aromatic rings. The Morgan fingerprint density at radius 2 is 1.80 bits per heavy atom. The summed E-state index contributed by atoms with van der Waals surface area (Å²) < 4.78 is 24.4. The summed E-state index contributed by atoms with van der Waals surface area (Å²) in [7, 11) is 6.86. The number of hydrogen-bond donors (Lipinski definition) is 1. The van der Waals surface area contributed by atoms with Crippen LogP contribution in [0.4, 0.5) is 4.39 Å². The molecule has 30 heavy (non-hydrogen) atoms. The first-order valence-corrected chi connectivity index (χ1v) is 9.60. The van der Waals surface area contributed by atoms with Crippen LogP contribution in [0, 0.1) is 5.82 Å². The van der Waals surface area contributed by atoms with Gasteiger partial charge in [0.15, 0.2) is 17.5 Å². The molecule has 2 aromatic carbocycles. The molecule has 0 unspecified atom stereocenters. The van der Waals surface area contributed by atoms with E-state index in [1.165, 1.54) is 11.0 Å². The minimum absolute atomic E-state index is 0.0665. The van der Waals surface area contributed by atoms with Crippen LogP contribution in [0.5, 0.6) is 11.5 Å². The number of aliphatic imine (C=N–C) groups is 1. The Hall–Kier alpha value is -3.29. The lowest BCUT2D eigenvalue weighted by Crippen LogP contribution is -2.45. The molecule has 162 valence electrons. The number of rotatable bonds is 9. The number of benzene rings is 2.